The number of hydrogen-bond donors (Lipinski definition) is 1. The molecule has 0 aromatic heterocycles. The topological polar surface area (TPSA) is 64.6 Å². The molecule has 0 radical (unpaired) electrons. The summed E-state index contributed by atoms with van der Waals surface area (Å²) >= 11 is 0. The number of methoxy groups -OCH3 is 1. The highest BCUT2D eigenvalue weighted by Gasteiger charge is 2.20. The number of benzene rings is 1. The van der Waals surface area contributed by atoms with Gasteiger partial charge in [0, 0.05) is 18.4 Å². The molecule has 0 heterocycles. The number of ketones is 1. The Labute approximate surface area is 144 Å². The maximum absolute atomic E-state index is 12.4. The van der Waals surface area contributed by atoms with Gasteiger partial charge in [-0.25, -0.2) is 4.79 Å². The van der Waals surface area contributed by atoms with Crippen molar-refractivity contribution in [1.82, 2.24) is 0 Å². The lowest BCUT2D eigenvalue weighted by molar-refractivity contribution is -0.122. The van der Waals surface area contributed by atoms with Crippen molar-refractivity contribution in [2.24, 2.45) is 5.92 Å². The molecule has 0 saturated carbocycles. The fourth-order valence-electron chi connectivity index (χ4n) is 2.44. The van der Waals surface area contributed by atoms with Gasteiger partial charge in [0.25, 0.3) is 0 Å². The molecular weight excluding hydrogens is 306 g/mol. The van der Waals surface area contributed by atoms with Crippen LogP contribution in [-0.4, -0.2) is 24.6 Å². The van der Waals surface area contributed by atoms with Gasteiger partial charge in [-0.15, -0.1) is 0 Å². The largest absolute Gasteiger partial charge is 0.497 e. The van der Waals surface area contributed by atoms with Gasteiger partial charge in [0.15, 0.2) is 0 Å². The highest BCUT2D eigenvalue weighted by atomic mass is 16.6. The summed E-state index contributed by atoms with van der Waals surface area (Å²) in [4.78, 5) is 24.5. The van der Waals surface area contributed by atoms with Crippen LogP contribution in [0.1, 0.15) is 53.0 Å². The number of nitrogens with one attached hydrogen (secondary N) is 1. The van der Waals surface area contributed by atoms with Crippen LogP contribution in [0.3, 0.4) is 0 Å². The van der Waals surface area contributed by atoms with Crippen molar-refractivity contribution in [3.8, 4) is 5.75 Å². The van der Waals surface area contributed by atoms with Crippen LogP contribution < -0.4 is 10.1 Å². The zero-order valence-electron chi connectivity index (χ0n) is 15.6. The normalized spacial score (nSPS) is 11.3. The maximum atomic E-state index is 12.4. The molecule has 0 saturated heterocycles. The summed E-state index contributed by atoms with van der Waals surface area (Å²) in [6.07, 6.45) is 1.37. The number of amides is 1. The Morgan fingerprint density at radius 2 is 1.79 bits per heavy atom. The lowest BCUT2D eigenvalue weighted by Crippen LogP contribution is -2.27. The van der Waals surface area contributed by atoms with Gasteiger partial charge < -0.3 is 9.47 Å². The Kier molecular flexibility index (Phi) is 7.26. The lowest BCUT2D eigenvalue weighted by Gasteiger charge is -2.21. The first-order valence-corrected chi connectivity index (χ1v) is 8.39. The molecule has 1 aromatic rings. The van der Waals surface area contributed by atoms with Gasteiger partial charge in [-0.05, 0) is 45.2 Å². The fourth-order valence-corrected chi connectivity index (χ4v) is 2.44. The van der Waals surface area contributed by atoms with E-state index in [0.717, 1.165) is 18.4 Å². The number of carbonyl (C=O) groups excluding carboxylic acids is 2. The van der Waals surface area contributed by atoms with Crippen molar-refractivity contribution >= 4 is 17.6 Å². The molecule has 1 aromatic carbocycles. The van der Waals surface area contributed by atoms with Crippen LogP contribution in [0.15, 0.2) is 18.2 Å². The Morgan fingerprint density at radius 1 is 1.17 bits per heavy atom. The van der Waals surface area contributed by atoms with Crippen LogP contribution >= 0.6 is 0 Å². The zero-order valence-corrected chi connectivity index (χ0v) is 15.6. The molecule has 5 nitrogen and oxygen atoms in total. The summed E-state index contributed by atoms with van der Waals surface area (Å²) in [5.41, 5.74) is 0.718. The molecule has 0 aliphatic heterocycles. The average Bonchev–Trinajstić information content (AvgIpc) is 2.48. The van der Waals surface area contributed by atoms with Gasteiger partial charge in [-0.3, -0.25) is 10.1 Å². The van der Waals surface area contributed by atoms with Crippen LogP contribution in [0.2, 0.25) is 0 Å². The predicted octanol–water partition coefficient (Wildman–Crippen LogP) is 4.59. The SMILES string of the molecule is CCC(CC)C(=O)Cc1ccc(OC)cc1NC(=O)OC(C)(C)C. The van der Waals surface area contributed by atoms with E-state index in [4.69, 9.17) is 9.47 Å². The Bertz CT molecular complexity index is 571. The minimum absolute atomic E-state index is 0.0430. The Balaban J connectivity index is 2.99. The van der Waals surface area contributed by atoms with E-state index in [-0.39, 0.29) is 18.1 Å². The van der Waals surface area contributed by atoms with Crippen molar-refractivity contribution in [3.63, 3.8) is 0 Å². The molecule has 1 rings (SSSR count). The van der Waals surface area contributed by atoms with E-state index in [2.05, 4.69) is 5.32 Å². The van der Waals surface area contributed by atoms with Crippen LogP contribution in [0.4, 0.5) is 10.5 Å². The molecule has 0 aliphatic carbocycles. The third kappa shape index (κ3) is 6.22. The van der Waals surface area contributed by atoms with Crippen LogP contribution in [0.5, 0.6) is 5.75 Å². The van der Waals surface area contributed by atoms with E-state index in [1.807, 2.05) is 19.9 Å². The number of rotatable bonds is 7. The summed E-state index contributed by atoms with van der Waals surface area (Å²) in [5.74, 6) is 0.832. The van der Waals surface area contributed by atoms with Gasteiger partial charge in [0.2, 0.25) is 0 Å². The molecule has 0 bridgehead atoms. The van der Waals surface area contributed by atoms with Crippen molar-refractivity contribution in [2.45, 2.75) is 59.5 Å². The molecule has 5 heteroatoms. The molecule has 0 atom stereocenters. The summed E-state index contributed by atoms with van der Waals surface area (Å²) in [7, 11) is 1.56. The van der Waals surface area contributed by atoms with Crippen LogP contribution in [0, 0.1) is 5.92 Å². The van der Waals surface area contributed by atoms with E-state index in [9.17, 15) is 9.59 Å². The number of Topliss-reactive ketones (excluding diaryl/α,β-unsaturated/α-hetero) is 1. The van der Waals surface area contributed by atoms with E-state index >= 15 is 0 Å². The Hall–Kier alpha value is -2.04. The van der Waals surface area contributed by atoms with Crippen LogP contribution in [-0.2, 0) is 16.0 Å². The zero-order chi connectivity index (χ0) is 18.3. The number of carbonyl (C=O) groups is 2. The summed E-state index contributed by atoms with van der Waals surface area (Å²) in [6, 6.07) is 5.31. The molecule has 0 fully saturated rings. The van der Waals surface area contributed by atoms with Gasteiger partial charge in [0.1, 0.15) is 17.1 Å². The second kappa shape index (κ2) is 8.71. The summed E-state index contributed by atoms with van der Waals surface area (Å²) in [6.45, 7) is 9.43. The molecular formula is C19H29NO4. The molecule has 24 heavy (non-hydrogen) atoms. The van der Waals surface area contributed by atoms with Gasteiger partial charge >= 0.3 is 6.09 Å². The second-order valence-electron chi connectivity index (χ2n) is 6.81. The van der Waals surface area contributed by atoms with Gasteiger partial charge in [-0.1, -0.05) is 19.9 Å². The van der Waals surface area contributed by atoms with Crippen molar-refractivity contribution in [1.29, 1.82) is 0 Å². The molecule has 1 N–H and O–H groups in total. The van der Waals surface area contributed by atoms with E-state index in [1.165, 1.54) is 0 Å². The van der Waals surface area contributed by atoms with Crippen molar-refractivity contribution < 1.29 is 19.1 Å². The molecule has 0 spiro atoms. The highest BCUT2D eigenvalue weighted by molar-refractivity contribution is 5.89. The first-order valence-electron chi connectivity index (χ1n) is 8.39. The lowest BCUT2D eigenvalue weighted by atomic mass is 9.93. The van der Waals surface area contributed by atoms with E-state index < -0.39 is 11.7 Å². The first-order chi connectivity index (χ1) is 11.2. The van der Waals surface area contributed by atoms with Gasteiger partial charge in [-0.2, -0.15) is 0 Å². The highest BCUT2D eigenvalue weighted by Crippen LogP contribution is 2.25. The first kappa shape index (κ1) is 20.0. The average molecular weight is 335 g/mol. The number of hydrogen-bond acceptors (Lipinski definition) is 4. The second-order valence-corrected chi connectivity index (χ2v) is 6.81. The summed E-state index contributed by atoms with van der Waals surface area (Å²) < 4.78 is 10.5. The number of anilines is 1. The van der Waals surface area contributed by atoms with E-state index in [0.29, 0.717) is 11.4 Å². The smallest absolute Gasteiger partial charge is 0.412 e. The van der Waals surface area contributed by atoms with Crippen molar-refractivity contribution in [2.75, 3.05) is 12.4 Å². The molecule has 0 unspecified atom stereocenters. The van der Waals surface area contributed by atoms with Crippen molar-refractivity contribution in [3.05, 3.63) is 23.8 Å². The third-order valence-corrected chi connectivity index (χ3v) is 3.76. The molecule has 0 aliphatic rings. The quantitative estimate of drug-likeness (QED) is 0.791. The number of ether oxygens (including phenoxy) is 2. The maximum Gasteiger partial charge on any atom is 0.412 e. The van der Waals surface area contributed by atoms with Crippen LogP contribution in [0.25, 0.3) is 0 Å². The third-order valence-electron chi connectivity index (χ3n) is 3.76. The molecule has 134 valence electrons. The molecule has 1 amide bonds. The van der Waals surface area contributed by atoms with E-state index in [1.54, 1.807) is 40.0 Å². The van der Waals surface area contributed by atoms with Gasteiger partial charge in [0.05, 0.1) is 12.8 Å². The Morgan fingerprint density at radius 3 is 2.29 bits per heavy atom. The minimum atomic E-state index is -0.589. The standard InChI is InChI=1S/C19H29NO4/c1-7-13(8-2)17(21)11-14-9-10-15(23-6)12-16(14)20-18(22)24-19(3,4)5/h9-10,12-13H,7-8,11H2,1-6H3,(H,20,22). The predicted molar refractivity (Wildman–Crippen MR) is 95.6 cm³/mol. The monoisotopic (exact) mass is 335 g/mol. The minimum Gasteiger partial charge on any atom is -0.497 e. The summed E-state index contributed by atoms with van der Waals surface area (Å²) in [5, 5.41) is 2.73. The fraction of sp³-hybridized carbons (Fsp3) is 0.579.